The van der Waals surface area contributed by atoms with Gasteiger partial charge in [0, 0.05) is 41.4 Å². The molecule has 6 rings (SSSR count). The molecule has 9 nitrogen and oxygen atoms in total. The Hall–Kier alpha value is -4.41. The minimum atomic E-state index is -3.78. The van der Waals surface area contributed by atoms with Crippen molar-refractivity contribution >= 4 is 11.7 Å². The average Bonchev–Trinajstić information content (AvgIpc) is 3.41. The van der Waals surface area contributed by atoms with Crippen LogP contribution in [0.25, 0.3) is 0 Å². The van der Waals surface area contributed by atoms with E-state index in [1.165, 1.54) is 25.3 Å². The summed E-state index contributed by atoms with van der Waals surface area (Å²) in [5.74, 6) is 0.604. The Morgan fingerprint density at radius 2 is 1.82 bits per heavy atom. The SMILES string of the molecule is COc1ccc2c(c1)O[C@@H](c1ccc(C(C)=O)cn1)C[C@H]2NC(=O)C1(C)COc2cc3c(cc21)OC(F)(F)O3. The highest BCUT2D eigenvalue weighted by Gasteiger charge is 2.49. The van der Waals surface area contributed by atoms with Crippen molar-refractivity contribution in [1.82, 2.24) is 10.3 Å². The van der Waals surface area contributed by atoms with Crippen LogP contribution >= 0.6 is 0 Å². The number of amides is 1. The molecule has 0 fully saturated rings. The first-order valence-corrected chi connectivity index (χ1v) is 12.3. The van der Waals surface area contributed by atoms with Crippen molar-refractivity contribution in [3.05, 3.63) is 71.0 Å². The third-order valence-corrected chi connectivity index (χ3v) is 7.26. The predicted molar refractivity (Wildman–Crippen MR) is 132 cm³/mol. The van der Waals surface area contributed by atoms with Crippen LogP contribution in [0.3, 0.4) is 0 Å². The second-order valence-corrected chi connectivity index (χ2v) is 9.88. The number of nitrogens with zero attached hydrogens (tertiary/aromatic N) is 1. The van der Waals surface area contributed by atoms with Crippen LogP contribution in [0.4, 0.5) is 8.78 Å². The van der Waals surface area contributed by atoms with Crippen LogP contribution in [0.15, 0.2) is 48.7 Å². The molecule has 1 aromatic heterocycles. The Morgan fingerprint density at radius 3 is 2.51 bits per heavy atom. The number of ether oxygens (including phenoxy) is 5. The van der Waals surface area contributed by atoms with Crippen molar-refractivity contribution in [2.75, 3.05) is 13.7 Å². The van der Waals surface area contributed by atoms with Crippen LogP contribution in [0.2, 0.25) is 0 Å². The van der Waals surface area contributed by atoms with Gasteiger partial charge in [-0.15, -0.1) is 8.78 Å². The molecule has 0 spiro atoms. The van der Waals surface area contributed by atoms with E-state index in [0.717, 1.165) is 5.56 Å². The van der Waals surface area contributed by atoms with Gasteiger partial charge in [0.25, 0.3) is 0 Å². The molecule has 0 saturated heterocycles. The first kappa shape index (κ1) is 24.9. The molecular formula is C28H24F2N2O7. The topological polar surface area (TPSA) is 105 Å². The summed E-state index contributed by atoms with van der Waals surface area (Å²) in [6.45, 7) is 3.15. The fraction of sp³-hybridized carbons (Fsp3) is 0.321. The summed E-state index contributed by atoms with van der Waals surface area (Å²) in [4.78, 5) is 29.9. The Balaban J connectivity index is 1.30. The van der Waals surface area contributed by atoms with Crippen molar-refractivity contribution in [2.24, 2.45) is 0 Å². The number of benzene rings is 2. The number of fused-ring (bicyclic) bond motifs is 3. The highest BCUT2D eigenvalue weighted by molar-refractivity contribution is 5.93. The van der Waals surface area contributed by atoms with Crippen LogP contribution in [0, 0.1) is 0 Å². The quantitative estimate of drug-likeness (QED) is 0.469. The molecule has 3 aromatic rings. The normalized spacial score (nSPS) is 23.6. The number of Topliss-reactive ketones (excluding diaryl/α,β-unsaturated/α-hetero) is 1. The zero-order valence-electron chi connectivity index (χ0n) is 21.2. The highest BCUT2D eigenvalue weighted by Crippen LogP contribution is 2.50. The predicted octanol–water partition coefficient (Wildman–Crippen LogP) is 4.65. The molecule has 202 valence electrons. The molecule has 1 amide bonds. The van der Waals surface area contributed by atoms with Crippen molar-refractivity contribution in [2.45, 2.75) is 44.1 Å². The standard InChI is InChI=1S/C28H24F2N2O7/c1-14(33)15-4-7-19(31-12-15)23-10-20(17-6-5-16(35-3)8-21(17)37-23)32-26(34)27(2)13-36-22-11-25-24(9-18(22)27)38-28(29,30)39-25/h4-9,11-12,20,23H,10,13H2,1-3H3,(H,32,34)/t20-,23-,27?/m1/s1. The van der Waals surface area contributed by atoms with E-state index in [2.05, 4.69) is 19.8 Å². The van der Waals surface area contributed by atoms with E-state index in [1.807, 2.05) is 6.07 Å². The van der Waals surface area contributed by atoms with E-state index >= 15 is 0 Å². The number of halogens is 2. The van der Waals surface area contributed by atoms with Crippen molar-refractivity contribution in [3.63, 3.8) is 0 Å². The minimum Gasteiger partial charge on any atom is -0.497 e. The molecular weight excluding hydrogens is 514 g/mol. The Kier molecular flexibility index (Phi) is 5.63. The fourth-order valence-corrected chi connectivity index (χ4v) is 5.03. The first-order valence-electron chi connectivity index (χ1n) is 12.3. The minimum absolute atomic E-state index is 0.00361. The lowest BCUT2D eigenvalue weighted by Crippen LogP contribution is -2.46. The van der Waals surface area contributed by atoms with Gasteiger partial charge in [0.2, 0.25) is 5.91 Å². The maximum Gasteiger partial charge on any atom is 0.586 e. The lowest BCUT2D eigenvalue weighted by molar-refractivity contribution is -0.286. The molecule has 1 unspecified atom stereocenters. The lowest BCUT2D eigenvalue weighted by Gasteiger charge is -2.34. The van der Waals surface area contributed by atoms with Gasteiger partial charge < -0.3 is 29.0 Å². The Labute approximate surface area is 222 Å². The maximum atomic E-state index is 13.8. The van der Waals surface area contributed by atoms with Gasteiger partial charge in [0.15, 0.2) is 17.3 Å². The summed E-state index contributed by atoms with van der Waals surface area (Å²) in [7, 11) is 1.54. The molecule has 3 atom stereocenters. The Bertz CT molecular complexity index is 1490. The summed E-state index contributed by atoms with van der Waals surface area (Å²) in [6, 6.07) is 10.9. The number of hydrogen-bond donors (Lipinski definition) is 1. The Morgan fingerprint density at radius 1 is 1.05 bits per heavy atom. The number of rotatable bonds is 5. The number of hydrogen-bond acceptors (Lipinski definition) is 8. The maximum absolute atomic E-state index is 13.8. The zero-order chi connectivity index (χ0) is 27.5. The highest BCUT2D eigenvalue weighted by atomic mass is 19.3. The van der Waals surface area contributed by atoms with Crippen LogP contribution in [-0.2, 0) is 10.2 Å². The third kappa shape index (κ3) is 4.27. The van der Waals surface area contributed by atoms with E-state index in [4.69, 9.17) is 14.2 Å². The monoisotopic (exact) mass is 538 g/mol. The number of pyridine rings is 1. The van der Waals surface area contributed by atoms with E-state index in [-0.39, 0.29) is 35.5 Å². The second kappa shape index (κ2) is 8.82. The molecule has 4 heterocycles. The number of carbonyl (C=O) groups is 2. The fourth-order valence-electron chi connectivity index (χ4n) is 5.03. The molecule has 0 radical (unpaired) electrons. The zero-order valence-corrected chi connectivity index (χ0v) is 21.2. The molecule has 2 aromatic carbocycles. The summed E-state index contributed by atoms with van der Waals surface area (Å²) in [6.07, 6.45) is -2.45. The van der Waals surface area contributed by atoms with Crippen molar-refractivity contribution < 1.29 is 42.1 Å². The van der Waals surface area contributed by atoms with Gasteiger partial charge in [0.05, 0.1) is 18.8 Å². The molecule has 1 N–H and O–H groups in total. The van der Waals surface area contributed by atoms with E-state index in [1.54, 1.807) is 38.3 Å². The smallest absolute Gasteiger partial charge is 0.497 e. The second-order valence-electron chi connectivity index (χ2n) is 9.88. The number of aromatic nitrogens is 1. The van der Waals surface area contributed by atoms with E-state index in [0.29, 0.717) is 34.7 Å². The summed E-state index contributed by atoms with van der Waals surface area (Å²) in [5.41, 5.74) is 1.05. The molecule has 0 aliphatic carbocycles. The lowest BCUT2D eigenvalue weighted by atomic mass is 9.82. The van der Waals surface area contributed by atoms with Gasteiger partial charge in [-0.3, -0.25) is 14.6 Å². The molecule has 3 aliphatic heterocycles. The van der Waals surface area contributed by atoms with Gasteiger partial charge in [-0.05, 0) is 44.2 Å². The third-order valence-electron chi connectivity index (χ3n) is 7.26. The molecule has 0 saturated carbocycles. The number of carbonyl (C=O) groups excluding carboxylic acids is 2. The van der Waals surface area contributed by atoms with E-state index < -0.39 is 23.9 Å². The van der Waals surface area contributed by atoms with Crippen LogP contribution in [-0.4, -0.2) is 36.7 Å². The number of ketones is 1. The molecule has 11 heteroatoms. The van der Waals surface area contributed by atoms with Crippen LogP contribution in [0.5, 0.6) is 28.7 Å². The largest absolute Gasteiger partial charge is 0.586 e. The van der Waals surface area contributed by atoms with Crippen LogP contribution < -0.4 is 29.0 Å². The van der Waals surface area contributed by atoms with Gasteiger partial charge in [-0.25, -0.2) is 0 Å². The number of methoxy groups -OCH3 is 1. The van der Waals surface area contributed by atoms with Crippen LogP contribution in [0.1, 0.15) is 59.6 Å². The van der Waals surface area contributed by atoms with Crippen molar-refractivity contribution in [1.29, 1.82) is 0 Å². The van der Waals surface area contributed by atoms with Gasteiger partial charge in [-0.1, -0.05) is 0 Å². The van der Waals surface area contributed by atoms with Gasteiger partial charge >= 0.3 is 6.29 Å². The van der Waals surface area contributed by atoms with Gasteiger partial charge in [0.1, 0.15) is 35.4 Å². The first-order chi connectivity index (χ1) is 18.6. The van der Waals surface area contributed by atoms with E-state index in [9.17, 15) is 18.4 Å². The molecule has 0 bridgehead atoms. The number of nitrogens with one attached hydrogen (secondary N) is 1. The summed E-state index contributed by atoms with van der Waals surface area (Å²) in [5, 5.41) is 3.11. The summed E-state index contributed by atoms with van der Waals surface area (Å²) >= 11 is 0. The molecule has 39 heavy (non-hydrogen) atoms. The summed E-state index contributed by atoms with van der Waals surface area (Å²) < 4.78 is 53.6. The molecule has 3 aliphatic rings. The van der Waals surface area contributed by atoms with Gasteiger partial charge in [-0.2, -0.15) is 0 Å². The number of alkyl halides is 2. The van der Waals surface area contributed by atoms with Crippen molar-refractivity contribution in [3.8, 4) is 28.7 Å². The average molecular weight is 539 g/mol.